The predicted molar refractivity (Wildman–Crippen MR) is 97.4 cm³/mol. The van der Waals surface area contributed by atoms with Crippen molar-refractivity contribution in [2.45, 2.75) is 19.2 Å². The molecule has 0 aliphatic heterocycles. The molecule has 0 spiro atoms. The first-order valence-electron chi connectivity index (χ1n) is 8.05. The van der Waals surface area contributed by atoms with Gasteiger partial charge in [0.2, 0.25) is 6.10 Å². The van der Waals surface area contributed by atoms with Crippen LogP contribution in [-0.2, 0) is 27.6 Å². The lowest BCUT2D eigenvalue weighted by molar-refractivity contribution is -0.152. The lowest BCUT2D eigenvalue weighted by Crippen LogP contribution is -2.41. The number of oxime groups is 1. The van der Waals surface area contributed by atoms with E-state index >= 15 is 0 Å². The summed E-state index contributed by atoms with van der Waals surface area (Å²) in [5, 5.41) is 3.29. The summed E-state index contributed by atoms with van der Waals surface area (Å²) in [6.45, 7) is 1.34. The molecule has 0 fully saturated rings. The maximum Gasteiger partial charge on any atom is 0.431 e. The van der Waals surface area contributed by atoms with Gasteiger partial charge in [0.15, 0.2) is 0 Å². The normalized spacial score (nSPS) is 12.8. The molecule has 0 saturated heterocycles. The van der Waals surface area contributed by atoms with Crippen LogP contribution < -0.4 is 11.2 Å². The molecular weight excluding hydrogens is 438 g/mol. The van der Waals surface area contributed by atoms with Crippen LogP contribution in [-0.4, -0.2) is 34.5 Å². The van der Waals surface area contributed by atoms with E-state index in [1.54, 1.807) is 0 Å². The zero-order valence-electron chi connectivity index (χ0n) is 15.7. The van der Waals surface area contributed by atoms with E-state index in [4.69, 9.17) is 16.4 Å². The molecule has 0 saturated carbocycles. The summed E-state index contributed by atoms with van der Waals surface area (Å²) in [7, 11) is 1.93. The summed E-state index contributed by atoms with van der Waals surface area (Å²) in [4.78, 5) is 40.6. The van der Waals surface area contributed by atoms with Crippen molar-refractivity contribution in [3.8, 4) is 5.69 Å². The highest BCUT2D eigenvalue weighted by atomic mass is 35.5. The molecule has 13 heteroatoms. The predicted octanol–water partition coefficient (Wildman–Crippen LogP) is 2.26. The van der Waals surface area contributed by atoms with Gasteiger partial charge in [0, 0.05) is 18.7 Å². The Morgan fingerprint density at radius 1 is 1.27 bits per heavy atom. The van der Waals surface area contributed by atoms with Gasteiger partial charge in [-0.1, -0.05) is 16.8 Å². The smallest absolute Gasteiger partial charge is 0.431 e. The van der Waals surface area contributed by atoms with E-state index < -0.39 is 46.7 Å². The first-order chi connectivity index (χ1) is 13.9. The number of benzene rings is 1. The van der Waals surface area contributed by atoms with Crippen molar-refractivity contribution in [1.82, 2.24) is 9.13 Å². The third-order valence-electron chi connectivity index (χ3n) is 3.86. The standard InChI is InChI=1S/C17H14ClF4N3O5/c1-8(15(27)29-3)30-23-7-9-4-12(11(19)5-10(9)18)25-14(26)6-13(17(20,21)22)24(2)16(25)28/h4-8H,1-3H3/b23-7-. The Hall–Kier alpha value is -3.15. The fraction of sp³-hybridized carbons (Fsp3) is 0.294. The minimum atomic E-state index is -4.96. The van der Waals surface area contributed by atoms with Crippen molar-refractivity contribution in [1.29, 1.82) is 0 Å². The average molecular weight is 452 g/mol. The number of hydrogen-bond donors (Lipinski definition) is 0. The Morgan fingerprint density at radius 3 is 2.47 bits per heavy atom. The highest BCUT2D eigenvalue weighted by Gasteiger charge is 2.35. The van der Waals surface area contributed by atoms with Gasteiger partial charge in [-0.3, -0.25) is 9.36 Å². The monoisotopic (exact) mass is 451 g/mol. The van der Waals surface area contributed by atoms with Gasteiger partial charge in [0.05, 0.1) is 24.0 Å². The van der Waals surface area contributed by atoms with Gasteiger partial charge in [0.25, 0.3) is 5.56 Å². The molecular formula is C17H14ClF4N3O5. The second kappa shape index (κ2) is 8.69. The quantitative estimate of drug-likeness (QED) is 0.301. The van der Waals surface area contributed by atoms with Gasteiger partial charge in [-0.05, 0) is 19.1 Å². The van der Waals surface area contributed by atoms with Gasteiger partial charge in [0.1, 0.15) is 11.5 Å². The number of methoxy groups -OCH3 is 1. The summed E-state index contributed by atoms with van der Waals surface area (Å²) >= 11 is 5.89. The molecule has 0 N–H and O–H groups in total. The molecule has 1 heterocycles. The van der Waals surface area contributed by atoms with Crippen LogP contribution in [0.5, 0.6) is 0 Å². The zero-order chi connectivity index (χ0) is 22.8. The van der Waals surface area contributed by atoms with Crippen LogP contribution in [0.3, 0.4) is 0 Å². The molecule has 0 radical (unpaired) electrons. The summed E-state index contributed by atoms with van der Waals surface area (Å²) in [6.07, 6.45) is -5.07. The van der Waals surface area contributed by atoms with E-state index in [1.165, 1.54) is 6.92 Å². The summed E-state index contributed by atoms with van der Waals surface area (Å²) in [6, 6.07) is 1.83. The van der Waals surface area contributed by atoms with Crippen LogP contribution in [0.2, 0.25) is 5.02 Å². The van der Waals surface area contributed by atoms with Crippen LogP contribution in [0.15, 0.2) is 32.9 Å². The first kappa shape index (κ1) is 23.1. The Morgan fingerprint density at radius 2 is 1.90 bits per heavy atom. The van der Waals surface area contributed by atoms with E-state index in [0.29, 0.717) is 0 Å². The number of esters is 1. The Balaban J connectivity index is 2.56. The molecule has 0 aliphatic rings. The van der Waals surface area contributed by atoms with E-state index in [2.05, 4.69) is 9.89 Å². The zero-order valence-corrected chi connectivity index (χ0v) is 16.4. The Bertz CT molecular complexity index is 1120. The minimum absolute atomic E-state index is 0.0426. The van der Waals surface area contributed by atoms with Crippen molar-refractivity contribution in [2.75, 3.05) is 7.11 Å². The van der Waals surface area contributed by atoms with Crippen molar-refractivity contribution in [3.63, 3.8) is 0 Å². The van der Waals surface area contributed by atoms with Crippen LogP contribution in [0, 0.1) is 5.82 Å². The van der Waals surface area contributed by atoms with Crippen molar-refractivity contribution in [3.05, 3.63) is 61.1 Å². The van der Waals surface area contributed by atoms with Gasteiger partial charge in [-0.25, -0.2) is 18.5 Å². The second-order valence-corrected chi connectivity index (χ2v) is 6.28. The summed E-state index contributed by atoms with van der Waals surface area (Å²) in [5.41, 5.74) is -5.00. The van der Waals surface area contributed by atoms with Crippen LogP contribution in [0.1, 0.15) is 18.2 Å². The van der Waals surface area contributed by atoms with E-state index in [-0.39, 0.29) is 25.8 Å². The molecule has 162 valence electrons. The Labute approximate surface area is 170 Å². The molecule has 2 aromatic rings. The molecule has 30 heavy (non-hydrogen) atoms. The van der Waals surface area contributed by atoms with E-state index in [1.807, 2.05) is 0 Å². The lowest BCUT2D eigenvalue weighted by Gasteiger charge is -2.14. The van der Waals surface area contributed by atoms with Crippen LogP contribution in [0.4, 0.5) is 17.6 Å². The maximum atomic E-state index is 14.4. The first-order valence-corrected chi connectivity index (χ1v) is 8.43. The van der Waals surface area contributed by atoms with Gasteiger partial charge < -0.3 is 9.57 Å². The maximum absolute atomic E-state index is 14.4. The number of ether oxygens (including phenoxy) is 1. The van der Waals surface area contributed by atoms with E-state index in [9.17, 15) is 31.9 Å². The SMILES string of the molecule is COC(=O)C(C)O/N=C\c1cc(-n2c(=O)cc(C(F)(F)F)n(C)c2=O)c(F)cc1Cl. The van der Waals surface area contributed by atoms with Gasteiger partial charge in [-0.15, -0.1) is 0 Å². The number of alkyl halides is 3. The number of nitrogens with zero attached hydrogens (tertiary/aromatic N) is 3. The highest BCUT2D eigenvalue weighted by Crippen LogP contribution is 2.27. The third-order valence-corrected chi connectivity index (χ3v) is 4.19. The Kier molecular flexibility index (Phi) is 6.70. The van der Waals surface area contributed by atoms with Crippen LogP contribution >= 0.6 is 11.6 Å². The number of aromatic nitrogens is 2. The number of carbonyl (C=O) groups is 1. The average Bonchev–Trinajstić information content (AvgIpc) is 2.65. The fourth-order valence-electron chi connectivity index (χ4n) is 2.33. The molecule has 0 bridgehead atoms. The van der Waals surface area contributed by atoms with Gasteiger partial charge in [-0.2, -0.15) is 13.2 Å². The molecule has 0 amide bonds. The molecule has 1 atom stereocenters. The molecule has 1 aromatic heterocycles. The lowest BCUT2D eigenvalue weighted by atomic mass is 10.2. The summed E-state index contributed by atoms with van der Waals surface area (Å²) in [5.74, 6) is -1.86. The topological polar surface area (TPSA) is 91.9 Å². The van der Waals surface area contributed by atoms with E-state index in [0.717, 1.165) is 32.5 Å². The third kappa shape index (κ3) is 4.70. The minimum Gasteiger partial charge on any atom is -0.466 e. The fourth-order valence-corrected chi connectivity index (χ4v) is 2.53. The molecule has 0 aliphatic carbocycles. The van der Waals surface area contributed by atoms with Crippen molar-refractivity contribution in [2.24, 2.45) is 12.2 Å². The van der Waals surface area contributed by atoms with Crippen molar-refractivity contribution < 1.29 is 31.9 Å². The molecule has 8 nitrogen and oxygen atoms in total. The molecule has 2 rings (SSSR count). The highest BCUT2D eigenvalue weighted by molar-refractivity contribution is 6.33. The molecule has 1 aromatic carbocycles. The molecule has 1 unspecified atom stereocenters. The van der Waals surface area contributed by atoms with Gasteiger partial charge >= 0.3 is 17.8 Å². The van der Waals surface area contributed by atoms with Crippen molar-refractivity contribution >= 4 is 23.8 Å². The number of rotatable bonds is 5. The van der Waals surface area contributed by atoms with Crippen LogP contribution in [0.25, 0.3) is 5.69 Å². The second-order valence-electron chi connectivity index (χ2n) is 5.87. The largest absolute Gasteiger partial charge is 0.466 e. The number of halogens is 5. The number of hydrogen-bond acceptors (Lipinski definition) is 6. The number of carbonyl (C=O) groups excluding carboxylic acids is 1. The summed E-state index contributed by atoms with van der Waals surface area (Å²) < 4.78 is 58.1.